The first-order valence-electron chi connectivity index (χ1n) is 4.46. The van der Waals surface area contributed by atoms with E-state index in [1.54, 1.807) is 6.92 Å². The Morgan fingerprint density at radius 3 is 2.38 bits per heavy atom. The monoisotopic (exact) mass is 243 g/mol. The lowest BCUT2D eigenvalue weighted by molar-refractivity contribution is 0.0601. The van der Waals surface area contributed by atoms with E-state index >= 15 is 0 Å². The molecule has 16 heavy (non-hydrogen) atoms. The highest BCUT2D eigenvalue weighted by molar-refractivity contribution is 7.90. The summed E-state index contributed by atoms with van der Waals surface area (Å²) in [6.45, 7) is 1.55. The van der Waals surface area contributed by atoms with Gasteiger partial charge in [0.15, 0.2) is 9.84 Å². The van der Waals surface area contributed by atoms with E-state index in [-0.39, 0.29) is 16.1 Å². The Labute approximate surface area is 94.1 Å². The van der Waals surface area contributed by atoms with Crippen molar-refractivity contribution in [1.29, 1.82) is 0 Å². The van der Waals surface area contributed by atoms with Gasteiger partial charge in [0.2, 0.25) is 0 Å². The van der Waals surface area contributed by atoms with Crippen molar-refractivity contribution in [2.45, 2.75) is 11.8 Å². The van der Waals surface area contributed by atoms with Gasteiger partial charge in [-0.1, -0.05) is 0 Å². The lowest BCUT2D eigenvalue weighted by Crippen LogP contribution is -2.10. The van der Waals surface area contributed by atoms with Gasteiger partial charge in [-0.2, -0.15) is 0 Å². The fourth-order valence-electron chi connectivity index (χ4n) is 1.40. The van der Waals surface area contributed by atoms with E-state index in [9.17, 15) is 13.2 Å². The topological polar surface area (TPSA) is 86.5 Å². The smallest absolute Gasteiger partial charge is 0.339 e. The molecular weight excluding hydrogens is 230 g/mol. The van der Waals surface area contributed by atoms with Crippen molar-refractivity contribution in [1.82, 2.24) is 0 Å². The molecule has 0 fully saturated rings. The maximum atomic E-state index is 11.4. The lowest BCUT2D eigenvalue weighted by Gasteiger charge is -2.10. The van der Waals surface area contributed by atoms with Gasteiger partial charge >= 0.3 is 5.97 Å². The van der Waals surface area contributed by atoms with Crippen LogP contribution in [0.2, 0.25) is 0 Å². The minimum absolute atomic E-state index is 0.123. The van der Waals surface area contributed by atoms with E-state index in [1.807, 2.05) is 0 Å². The summed E-state index contributed by atoms with van der Waals surface area (Å²) in [6.07, 6.45) is 1.09. The van der Waals surface area contributed by atoms with Crippen molar-refractivity contribution >= 4 is 21.5 Å². The summed E-state index contributed by atoms with van der Waals surface area (Å²) in [5.74, 6) is -0.583. The maximum Gasteiger partial charge on any atom is 0.339 e. The van der Waals surface area contributed by atoms with Crippen molar-refractivity contribution in [3.8, 4) is 0 Å². The van der Waals surface area contributed by atoms with Gasteiger partial charge in [-0.3, -0.25) is 0 Å². The van der Waals surface area contributed by atoms with Crippen LogP contribution in [0.1, 0.15) is 15.9 Å². The zero-order valence-corrected chi connectivity index (χ0v) is 10.1. The quantitative estimate of drug-likeness (QED) is 0.612. The molecule has 0 amide bonds. The molecule has 0 bridgehead atoms. The van der Waals surface area contributed by atoms with Gasteiger partial charge in [-0.15, -0.1) is 0 Å². The van der Waals surface area contributed by atoms with Crippen LogP contribution in [0.5, 0.6) is 0 Å². The molecule has 0 spiro atoms. The van der Waals surface area contributed by atoms with E-state index in [0.29, 0.717) is 5.56 Å². The number of carbonyl (C=O) groups is 1. The molecule has 0 saturated carbocycles. The number of ether oxygens (including phenoxy) is 1. The lowest BCUT2D eigenvalue weighted by atomic mass is 10.1. The SMILES string of the molecule is COC(=O)c1ccc(S(C)(=O)=O)c(C)c1N. The third kappa shape index (κ3) is 2.16. The number of methoxy groups -OCH3 is 1. The molecule has 0 aromatic heterocycles. The molecule has 1 aromatic carbocycles. The zero-order valence-electron chi connectivity index (χ0n) is 9.27. The highest BCUT2D eigenvalue weighted by Crippen LogP contribution is 2.24. The van der Waals surface area contributed by atoms with Crippen molar-refractivity contribution in [2.75, 3.05) is 19.1 Å². The van der Waals surface area contributed by atoms with Crippen LogP contribution in [0.4, 0.5) is 5.69 Å². The van der Waals surface area contributed by atoms with Gasteiger partial charge in [0.25, 0.3) is 0 Å². The molecule has 0 aliphatic rings. The third-order valence-corrected chi connectivity index (χ3v) is 3.51. The predicted molar refractivity (Wildman–Crippen MR) is 60.0 cm³/mol. The second-order valence-corrected chi connectivity index (χ2v) is 5.40. The molecule has 0 saturated heterocycles. The summed E-state index contributed by atoms with van der Waals surface area (Å²) in [4.78, 5) is 11.4. The van der Waals surface area contributed by atoms with E-state index in [4.69, 9.17) is 5.73 Å². The maximum absolute atomic E-state index is 11.4. The molecule has 0 heterocycles. The average molecular weight is 243 g/mol. The number of benzene rings is 1. The zero-order chi connectivity index (χ0) is 12.5. The van der Waals surface area contributed by atoms with E-state index < -0.39 is 15.8 Å². The summed E-state index contributed by atoms with van der Waals surface area (Å²) in [5, 5.41) is 0. The number of anilines is 1. The first kappa shape index (κ1) is 12.5. The molecule has 1 aromatic rings. The molecule has 5 nitrogen and oxygen atoms in total. The van der Waals surface area contributed by atoms with Crippen molar-refractivity contribution in [3.63, 3.8) is 0 Å². The molecule has 1 rings (SSSR count). The number of nitrogen functional groups attached to an aromatic ring is 1. The van der Waals surface area contributed by atoms with Crippen LogP contribution in [-0.2, 0) is 14.6 Å². The first-order valence-corrected chi connectivity index (χ1v) is 6.35. The largest absolute Gasteiger partial charge is 0.465 e. The fraction of sp³-hybridized carbons (Fsp3) is 0.300. The second-order valence-electron chi connectivity index (χ2n) is 3.41. The molecule has 88 valence electrons. The molecular formula is C10H13NO4S. The number of esters is 1. The standard InChI is InChI=1S/C10H13NO4S/c1-6-8(16(3,13)14)5-4-7(9(6)11)10(12)15-2/h4-5H,11H2,1-3H3. The summed E-state index contributed by atoms with van der Waals surface area (Å²) in [7, 11) is -2.10. The Bertz CT molecular complexity index is 534. The second kappa shape index (κ2) is 4.13. The van der Waals surface area contributed by atoms with Gasteiger partial charge in [0.05, 0.1) is 23.3 Å². The Morgan fingerprint density at radius 1 is 1.38 bits per heavy atom. The predicted octanol–water partition coefficient (Wildman–Crippen LogP) is 0.767. The van der Waals surface area contributed by atoms with Crippen molar-refractivity contribution < 1.29 is 17.9 Å². The molecule has 0 unspecified atom stereocenters. The van der Waals surface area contributed by atoms with Gasteiger partial charge in [0.1, 0.15) is 0 Å². The number of hydrogen-bond donors (Lipinski definition) is 1. The Kier molecular flexibility index (Phi) is 3.23. The fourth-order valence-corrected chi connectivity index (χ4v) is 2.38. The van der Waals surface area contributed by atoms with E-state index in [1.165, 1.54) is 19.2 Å². The molecule has 0 aliphatic carbocycles. The first-order chi connectivity index (χ1) is 7.29. The van der Waals surface area contributed by atoms with Crippen LogP contribution in [0, 0.1) is 6.92 Å². The normalized spacial score (nSPS) is 11.2. The summed E-state index contributed by atoms with van der Waals surface area (Å²) >= 11 is 0. The number of sulfone groups is 1. The van der Waals surface area contributed by atoms with Crippen molar-refractivity contribution in [3.05, 3.63) is 23.3 Å². The molecule has 2 N–H and O–H groups in total. The summed E-state index contributed by atoms with van der Waals surface area (Å²) < 4.78 is 27.3. The molecule has 0 radical (unpaired) electrons. The Morgan fingerprint density at radius 2 is 1.94 bits per heavy atom. The minimum atomic E-state index is -3.34. The molecule has 6 heteroatoms. The van der Waals surface area contributed by atoms with Gasteiger partial charge in [-0.05, 0) is 24.6 Å². The number of hydrogen-bond acceptors (Lipinski definition) is 5. The van der Waals surface area contributed by atoms with Crippen LogP contribution in [0.15, 0.2) is 17.0 Å². The van der Waals surface area contributed by atoms with Gasteiger partial charge in [0, 0.05) is 6.26 Å². The number of nitrogens with two attached hydrogens (primary N) is 1. The summed E-state index contributed by atoms with van der Waals surface area (Å²) in [5.41, 5.74) is 6.36. The van der Waals surface area contributed by atoms with Crippen LogP contribution < -0.4 is 5.73 Å². The van der Waals surface area contributed by atoms with Crippen LogP contribution in [-0.4, -0.2) is 27.8 Å². The number of rotatable bonds is 2. The van der Waals surface area contributed by atoms with E-state index in [0.717, 1.165) is 6.26 Å². The third-order valence-electron chi connectivity index (χ3n) is 2.27. The highest BCUT2D eigenvalue weighted by Gasteiger charge is 2.18. The van der Waals surface area contributed by atoms with Crippen molar-refractivity contribution in [2.24, 2.45) is 0 Å². The Balaban J connectivity index is 3.47. The minimum Gasteiger partial charge on any atom is -0.465 e. The average Bonchev–Trinajstić information content (AvgIpc) is 2.19. The van der Waals surface area contributed by atoms with Gasteiger partial charge < -0.3 is 10.5 Å². The number of carbonyl (C=O) groups excluding carboxylic acids is 1. The van der Waals surface area contributed by atoms with Crippen LogP contribution in [0.25, 0.3) is 0 Å². The Hall–Kier alpha value is -1.56. The molecule has 0 aliphatic heterocycles. The van der Waals surface area contributed by atoms with Gasteiger partial charge in [-0.25, -0.2) is 13.2 Å². The summed E-state index contributed by atoms with van der Waals surface area (Å²) in [6, 6.07) is 2.71. The molecule has 0 atom stereocenters. The van der Waals surface area contributed by atoms with Crippen LogP contribution in [0.3, 0.4) is 0 Å². The highest BCUT2D eigenvalue weighted by atomic mass is 32.2. The van der Waals surface area contributed by atoms with E-state index in [2.05, 4.69) is 4.74 Å². The van der Waals surface area contributed by atoms with Crippen LogP contribution >= 0.6 is 0 Å².